The maximum atomic E-state index is 4.43. The van der Waals surface area contributed by atoms with Gasteiger partial charge in [0, 0.05) is 28.1 Å². The Hall–Kier alpha value is -1.24. The van der Waals surface area contributed by atoms with Crippen LogP contribution < -0.4 is 5.32 Å². The highest BCUT2D eigenvalue weighted by atomic mass is 127. The molecule has 0 aliphatic rings. The first-order valence-corrected chi connectivity index (χ1v) is 5.94. The smallest absolute Gasteiger partial charge is 0.126 e. The van der Waals surface area contributed by atoms with Gasteiger partial charge in [0.25, 0.3) is 0 Å². The fourth-order valence-corrected chi connectivity index (χ4v) is 1.56. The fourth-order valence-electron chi connectivity index (χ4n) is 1.26. The summed E-state index contributed by atoms with van der Waals surface area (Å²) in [5.41, 5.74) is 2.08. The van der Waals surface area contributed by atoms with Gasteiger partial charge in [0.2, 0.25) is 0 Å². The molecule has 0 fully saturated rings. The zero-order valence-corrected chi connectivity index (χ0v) is 11.0. The Kier molecular flexibility index (Phi) is 3.66. The zero-order valence-electron chi connectivity index (χ0n) is 8.81. The van der Waals surface area contributed by atoms with Crippen molar-refractivity contribution in [3.8, 4) is 0 Å². The van der Waals surface area contributed by atoms with Crippen LogP contribution >= 0.6 is 22.6 Å². The van der Waals surface area contributed by atoms with Gasteiger partial charge >= 0.3 is 0 Å². The van der Waals surface area contributed by atoms with Gasteiger partial charge < -0.3 is 5.32 Å². The summed E-state index contributed by atoms with van der Waals surface area (Å²) in [4.78, 5) is 12.3. The number of rotatable bonds is 3. The number of aromatic nitrogens is 3. The molecule has 2 rings (SSSR count). The summed E-state index contributed by atoms with van der Waals surface area (Å²) >= 11 is 2.27. The van der Waals surface area contributed by atoms with Crippen molar-refractivity contribution in [3.63, 3.8) is 0 Å². The molecule has 0 radical (unpaired) electrons. The lowest BCUT2D eigenvalue weighted by atomic mass is 10.3. The van der Waals surface area contributed by atoms with E-state index < -0.39 is 0 Å². The van der Waals surface area contributed by atoms with Gasteiger partial charge in [-0.1, -0.05) is 0 Å². The lowest BCUT2D eigenvalue weighted by Gasteiger charge is -2.06. The monoisotopic (exact) mass is 326 g/mol. The second-order valence-electron chi connectivity index (χ2n) is 3.36. The van der Waals surface area contributed by atoms with Crippen molar-refractivity contribution >= 4 is 28.4 Å². The quantitative estimate of drug-likeness (QED) is 0.880. The van der Waals surface area contributed by atoms with Gasteiger partial charge in [0.15, 0.2) is 0 Å². The largest absolute Gasteiger partial charge is 0.366 e. The van der Waals surface area contributed by atoms with E-state index in [1.54, 1.807) is 12.4 Å². The number of nitrogens with one attached hydrogen (secondary N) is 1. The topological polar surface area (TPSA) is 50.7 Å². The van der Waals surface area contributed by atoms with E-state index in [4.69, 9.17) is 0 Å². The summed E-state index contributed by atoms with van der Waals surface area (Å²) in [6.45, 7) is 2.69. The van der Waals surface area contributed by atoms with Crippen LogP contribution in [0.4, 0.5) is 5.82 Å². The minimum atomic E-state index is 0.688. The predicted octanol–water partition coefficient (Wildman–Crippen LogP) is 2.40. The molecule has 2 aromatic rings. The third kappa shape index (κ3) is 2.88. The predicted molar refractivity (Wildman–Crippen MR) is 71.0 cm³/mol. The van der Waals surface area contributed by atoms with Crippen LogP contribution in [0.3, 0.4) is 0 Å². The molecular formula is C11H11IN4. The molecule has 0 aliphatic carbocycles. The maximum absolute atomic E-state index is 4.43. The maximum Gasteiger partial charge on any atom is 0.126 e. The van der Waals surface area contributed by atoms with Crippen LogP contribution in [0.1, 0.15) is 11.3 Å². The molecule has 0 bridgehead atoms. The number of anilines is 1. The highest BCUT2D eigenvalue weighted by Gasteiger charge is 1.99. The third-order valence-electron chi connectivity index (χ3n) is 2.11. The first-order chi connectivity index (χ1) is 7.75. The summed E-state index contributed by atoms with van der Waals surface area (Å²) in [6.07, 6.45) is 5.11. The second-order valence-corrected chi connectivity index (χ2v) is 4.53. The van der Waals surface area contributed by atoms with Gasteiger partial charge in [-0.05, 0) is 41.6 Å². The Morgan fingerprint density at radius 1 is 1.25 bits per heavy atom. The fraction of sp³-hybridized carbons (Fsp3) is 0.182. The normalized spacial score (nSPS) is 10.1. The summed E-state index contributed by atoms with van der Waals surface area (Å²) in [5, 5.41) is 3.23. The number of hydrogen-bond acceptors (Lipinski definition) is 4. The zero-order chi connectivity index (χ0) is 11.4. The molecule has 82 valence electrons. The molecule has 0 aromatic carbocycles. The minimum absolute atomic E-state index is 0.688. The average Bonchev–Trinajstić information content (AvgIpc) is 2.32. The first kappa shape index (κ1) is 11.3. The highest BCUT2D eigenvalue weighted by Crippen LogP contribution is 2.12. The Morgan fingerprint density at radius 2 is 2.00 bits per heavy atom. The summed E-state index contributed by atoms with van der Waals surface area (Å²) < 4.78 is 1.17. The average molecular weight is 326 g/mol. The van der Waals surface area contributed by atoms with Gasteiger partial charge in [-0.2, -0.15) is 0 Å². The van der Waals surface area contributed by atoms with E-state index in [0.29, 0.717) is 6.54 Å². The summed E-state index contributed by atoms with van der Waals surface area (Å²) in [7, 11) is 0. The molecule has 2 aromatic heterocycles. The van der Waals surface area contributed by atoms with Crippen LogP contribution in [0.15, 0.2) is 30.9 Å². The van der Waals surface area contributed by atoms with Crippen molar-refractivity contribution in [2.24, 2.45) is 0 Å². The first-order valence-electron chi connectivity index (χ1n) is 4.86. The van der Waals surface area contributed by atoms with Crippen molar-refractivity contribution in [2.45, 2.75) is 13.5 Å². The Balaban J connectivity index is 2.03. The van der Waals surface area contributed by atoms with Gasteiger partial charge in [0.1, 0.15) is 12.1 Å². The molecule has 0 saturated heterocycles. The van der Waals surface area contributed by atoms with Crippen LogP contribution in [0.25, 0.3) is 0 Å². The van der Waals surface area contributed by atoms with Gasteiger partial charge in [-0.25, -0.2) is 15.0 Å². The molecule has 16 heavy (non-hydrogen) atoms. The molecule has 0 atom stereocenters. The standard InChI is InChI=1S/C11H11IN4/c1-8-10(12)2-3-11(16-8)15-6-9-4-13-7-14-5-9/h2-5,7H,6H2,1H3,(H,15,16). The summed E-state index contributed by atoms with van der Waals surface area (Å²) in [6, 6.07) is 4.02. The van der Waals surface area contributed by atoms with E-state index in [1.807, 2.05) is 19.1 Å². The Bertz CT molecular complexity index is 473. The highest BCUT2D eigenvalue weighted by molar-refractivity contribution is 14.1. The SMILES string of the molecule is Cc1nc(NCc2cncnc2)ccc1I. The van der Waals surface area contributed by atoms with Gasteiger partial charge in [0.05, 0.1) is 5.69 Å². The van der Waals surface area contributed by atoms with Gasteiger partial charge in [-0.3, -0.25) is 0 Å². The molecule has 0 spiro atoms. The molecular weight excluding hydrogens is 315 g/mol. The van der Waals surface area contributed by atoms with Crippen LogP contribution in [0.2, 0.25) is 0 Å². The van der Waals surface area contributed by atoms with Crippen LogP contribution in [0.5, 0.6) is 0 Å². The van der Waals surface area contributed by atoms with E-state index in [0.717, 1.165) is 17.1 Å². The van der Waals surface area contributed by atoms with Gasteiger partial charge in [-0.15, -0.1) is 0 Å². The van der Waals surface area contributed by atoms with Crippen molar-refractivity contribution in [3.05, 3.63) is 45.7 Å². The van der Waals surface area contributed by atoms with Crippen LogP contribution in [0, 0.1) is 10.5 Å². The number of halogens is 1. The van der Waals surface area contributed by atoms with Crippen molar-refractivity contribution in [1.29, 1.82) is 0 Å². The van der Waals surface area contributed by atoms with Crippen molar-refractivity contribution < 1.29 is 0 Å². The molecule has 0 unspecified atom stereocenters. The number of pyridine rings is 1. The van der Waals surface area contributed by atoms with Crippen LogP contribution in [-0.4, -0.2) is 15.0 Å². The molecule has 4 nitrogen and oxygen atoms in total. The number of aryl methyl sites for hydroxylation is 1. The Morgan fingerprint density at radius 3 is 2.69 bits per heavy atom. The second kappa shape index (κ2) is 5.20. The lowest BCUT2D eigenvalue weighted by molar-refractivity contribution is 1.03. The van der Waals surface area contributed by atoms with Crippen molar-refractivity contribution in [2.75, 3.05) is 5.32 Å². The van der Waals surface area contributed by atoms with Crippen molar-refractivity contribution in [1.82, 2.24) is 15.0 Å². The molecule has 5 heteroatoms. The van der Waals surface area contributed by atoms with E-state index in [2.05, 4.69) is 42.9 Å². The minimum Gasteiger partial charge on any atom is -0.366 e. The number of hydrogen-bond donors (Lipinski definition) is 1. The molecule has 0 aliphatic heterocycles. The molecule has 0 saturated carbocycles. The van der Waals surface area contributed by atoms with E-state index in [-0.39, 0.29) is 0 Å². The van der Waals surface area contributed by atoms with E-state index >= 15 is 0 Å². The Labute approximate surface area is 108 Å². The molecule has 0 amide bonds. The molecule has 1 N–H and O–H groups in total. The van der Waals surface area contributed by atoms with E-state index in [9.17, 15) is 0 Å². The van der Waals surface area contributed by atoms with E-state index in [1.165, 1.54) is 9.90 Å². The third-order valence-corrected chi connectivity index (χ3v) is 3.25. The lowest BCUT2D eigenvalue weighted by Crippen LogP contribution is -2.03. The molecule has 2 heterocycles. The summed E-state index contributed by atoms with van der Waals surface area (Å²) in [5.74, 6) is 0.877. The van der Waals surface area contributed by atoms with Crippen LogP contribution in [-0.2, 0) is 6.54 Å². The number of nitrogens with zero attached hydrogens (tertiary/aromatic N) is 3.